The fraction of sp³-hybridized carbons (Fsp3) is 0.848. The van der Waals surface area contributed by atoms with E-state index in [0.717, 1.165) is 70.6 Å². The number of phosphoric ester groups is 1. The van der Waals surface area contributed by atoms with Crippen LogP contribution in [0.25, 0.3) is 0 Å². The van der Waals surface area contributed by atoms with E-state index in [1.165, 1.54) is 90.6 Å². The lowest BCUT2D eigenvalue weighted by atomic mass is 10.1. The van der Waals surface area contributed by atoms with Crippen LogP contribution in [-0.4, -0.2) is 75.7 Å². The maximum absolute atomic E-state index is 12.7. The van der Waals surface area contributed by atoms with Gasteiger partial charge in [0, 0.05) is 26.5 Å². The average molecular weight is 862 g/mol. The molecule has 0 aromatic carbocycles. The van der Waals surface area contributed by atoms with Crippen LogP contribution in [0.4, 0.5) is 4.79 Å². The standard InChI is InChI=1S/C45H84NO11P.CH4/c1-4-6-8-10-12-14-16-18-20-22-24-26-28-30-32-34-43(47)54-40-42(41-56-58(50,51)55-37-36-46-45(49)53-39-38-52-3)57-44(48)35-33-31-29-27-25-23-21-19-17-15-13-11-9-7-5-2;/h18-21,42H,4-17,22-41H2,1-3H3,(H,46,49)(H,50,51);1H4. The normalized spacial score (nSPS) is 12.9. The molecule has 0 aliphatic carbocycles. The molecule has 0 rings (SSSR count). The first-order valence-electron chi connectivity index (χ1n) is 22.9. The summed E-state index contributed by atoms with van der Waals surface area (Å²) < 4.78 is 43.1. The first kappa shape index (κ1) is 58.9. The minimum absolute atomic E-state index is 0. The lowest BCUT2D eigenvalue weighted by Gasteiger charge is -2.20. The van der Waals surface area contributed by atoms with E-state index in [1.54, 1.807) is 0 Å². The molecule has 2 N–H and O–H groups in total. The first-order chi connectivity index (χ1) is 28.2. The van der Waals surface area contributed by atoms with E-state index in [2.05, 4.69) is 43.5 Å². The van der Waals surface area contributed by atoms with Gasteiger partial charge in [-0.15, -0.1) is 0 Å². The Labute approximate surface area is 360 Å². The second kappa shape index (κ2) is 45.3. The Hall–Kier alpha value is -2.24. The minimum atomic E-state index is -4.58. The summed E-state index contributed by atoms with van der Waals surface area (Å²) >= 11 is 0. The third kappa shape index (κ3) is 45.1. The van der Waals surface area contributed by atoms with E-state index < -0.39 is 38.6 Å². The molecule has 1 amide bonds. The Morgan fingerprint density at radius 2 is 1.00 bits per heavy atom. The van der Waals surface area contributed by atoms with Crippen molar-refractivity contribution >= 4 is 25.9 Å². The molecule has 0 aliphatic heterocycles. The van der Waals surface area contributed by atoms with Crippen LogP contribution >= 0.6 is 7.82 Å². The first-order valence-corrected chi connectivity index (χ1v) is 24.4. The van der Waals surface area contributed by atoms with Gasteiger partial charge in [0.1, 0.15) is 13.2 Å². The Bertz CT molecular complexity index is 1070. The second-order valence-corrected chi connectivity index (χ2v) is 16.6. The maximum Gasteiger partial charge on any atom is 0.472 e. The van der Waals surface area contributed by atoms with Crippen LogP contribution < -0.4 is 5.32 Å². The van der Waals surface area contributed by atoms with Gasteiger partial charge in [-0.05, 0) is 64.2 Å². The van der Waals surface area contributed by atoms with Crippen molar-refractivity contribution in [3.8, 4) is 0 Å². The van der Waals surface area contributed by atoms with Gasteiger partial charge in [-0.25, -0.2) is 9.36 Å². The molecule has 13 heteroatoms. The van der Waals surface area contributed by atoms with Gasteiger partial charge < -0.3 is 29.2 Å². The second-order valence-electron chi connectivity index (χ2n) is 15.1. The van der Waals surface area contributed by atoms with E-state index in [1.807, 2.05) is 0 Å². The maximum atomic E-state index is 12.7. The summed E-state index contributed by atoms with van der Waals surface area (Å²) in [6.07, 6.45) is 37.7. The molecular weight excluding hydrogens is 773 g/mol. The molecule has 0 aromatic rings. The zero-order chi connectivity index (χ0) is 42.6. The minimum Gasteiger partial charge on any atom is -0.462 e. The quantitative estimate of drug-likeness (QED) is 0.0198. The summed E-state index contributed by atoms with van der Waals surface area (Å²) in [7, 11) is -3.10. The molecule has 2 atom stereocenters. The van der Waals surface area contributed by atoms with Crippen molar-refractivity contribution in [1.82, 2.24) is 5.32 Å². The predicted octanol–water partition coefficient (Wildman–Crippen LogP) is 12.7. The Kier molecular flexibility index (Phi) is 45.2. The van der Waals surface area contributed by atoms with Crippen LogP contribution in [0.5, 0.6) is 0 Å². The highest BCUT2D eigenvalue weighted by Gasteiger charge is 2.26. The largest absolute Gasteiger partial charge is 0.472 e. The molecule has 0 heterocycles. The van der Waals surface area contributed by atoms with E-state index in [-0.39, 0.29) is 53.2 Å². The van der Waals surface area contributed by atoms with E-state index >= 15 is 0 Å². The van der Waals surface area contributed by atoms with Crippen molar-refractivity contribution in [2.45, 2.75) is 207 Å². The molecule has 0 radical (unpaired) electrons. The number of carbonyl (C=O) groups excluding carboxylic acids is 3. The zero-order valence-corrected chi connectivity index (χ0v) is 37.8. The van der Waals surface area contributed by atoms with Gasteiger partial charge in [0.25, 0.3) is 0 Å². The number of hydrogen-bond acceptors (Lipinski definition) is 10. The number of allylic oxidation sites excluding steroid dienone is 4. The topological polar surface area (TPSA) is 156 Å². The molecule has 0 aliphatic rings. The molecule has 12 nitrogen and oxygen atoms in total. The van der Waals surface area contributed by atoms with Crippen molar-refractivity contribution in [2.75, 3.05) is 46.7 Å². The molecule has 0 bridgehead atoms. The van der Waals surface area contributed by atoms with Crippen molar-refractivity contribution < 1.29 is 51.8 Å². The number of alkyl carbamates (subject to hydrolysis) is 1. The Morgan fingerprint density at radius 3 is 1.47 bits per heavy atom. The molecule has 0 fully saturated rings. The van der Waals surface area contributed by atoms with Crippen LogP contribution in [0.3, 0.4) is 0 Å². The van der Waals surface area contributed by atoms with Gasteiger partial charge in [-0.3, -0.25) is 18.6 Å². The van der Waals surface area contributed by atoms with Gasteiger partial charge >= 0.3 is 25.9 Å². The van der Waals surface area contributed by atoms with Crippen LogP contribution in [0.1, 0.15) is 201 Å². The van der Waals surface area contributed by atoms with E-state index in [0.29, 0.717) is 12.8 Å². The summed E-state index contributed by atoms with van der Waals surface area (Å²) in [5, 5.41) is 2.38. The predicted molar refractivity (Wildman–Crippen MR) is 239 cm³/mol. The highest BCUT2D eigenvalue weighted by atomic mass is 31.2. The fourth-order valence-electron chi connectivity index (χ4n) is 6.10. The van der Waals surface area contributed by atoms with Gasteiger partial charge in [-0.1, -0.05) is 148 Å². The molecule has 0 spiro atoms. The van der Waals surface area contributed by atoms with Crippen LogP contribution in [-0.2, 0) is 42.1 Å². The molecule has 59 heavy (non-hydrogen) atoms. The molecule has 0 saturated heterocycles. The SMILES string of the molecule is C.CCCCCCCCC=CCCCCCCCC(=O)OCC(COP(=O)(O)OCCNC(=O)OCCOC)OC(=O)CCCCCCCC=CCCCCCCCC. The number of phosphoric acid groups is 1. The Morgan fingerprint density at radius 1 is 0.559 bits per heavy atom. The number of amides is 1. The number of carbonyl (C=O) groups is 3. The molecule has 2 unspecified atom stereocenters. The van der Waals surface area contributed by atoms with E-state index in [4.69, 9.17) is 28.0 Å². The number of nitrogens with one attached hydrogen (secondary N) is 1. The van der Waals surface area contributed by atoms with Gasteiger partial charge in [0.2, 0.25) is 0 Å². The number of hydrogen-bond donors (Lipinski definition) is 2. The lowest BCUT2D eigenvalue weighted by molar-refractivity contribution is -0.161. The number of esters is 2. The lowest BCUT2D eigenvalue weighted by Crippen LogP contribution is -2.30. The summed E-state index contributed by atoms with van der Waals surface area (Å²) in [4.78, 5) is 47.0. The third-order valence-corrected chi connectivity index (χ3v) is 10.6. The Balaban J connectivity index is 0. The zero-order valence-electron chi connectivity index (χ0n) is 36.9. The van der Waals surface area contributed by atoms with E-state index in [9.17, 15) is 23.8 Å². The van der Waals surface area contributed by atoms with Crippen molar-refractivity contribution in [3.63, 3.8) is 0 Å². The highest BCUT2D eigenvalue weighted by molar-refractivity contribution is 7.47. The molecule has 348 valence electrons. The smallest absolute Gasteiger partial charge is 0.462 e. The number of methoxy groups -OCH3 is 1. The van der Waals surface area contributed by atoms with Crippen molar-refractivity contribution in [2.24, 2.45) is 0 Å². The van der Waals surface area contributed by atoms with Gasteiger partial charge in [-0.2, -0.15) is 0 Å². The summed E-state index contributed by atoms with van der Waals surface area (Å²) in [5.74, 6) is -0.924. The summed E-state index contributed by atoms with van der Waals surface area (Å²) in [6, 6.07) is 0. The number of rotatable bonds is 43. The van der Waals surface area contributed by atoms with Crippen LogP contribution in [0.15, 0.2) is 24.3 Å². The average Bonchev–Trinajstić information content (AvgIpc) is 3.20. The third-order valence-electron chi connectivity index (χ3n) is 9.58. The van der Waals surface area contributed by atoms with Gasteiger partial charge in [0.05, 0.1) is 19.8 Å². The monoisotopic (exact) mass is 862 g/mol. The molecule has 0 saturated carbocycles. The van der Waals surface area contributed by atoms with Crippen molar-refractivity contribution in [1.29, 1.82) is 0 Å². The summed E-state index contributed by atoms with van der Waals surface area (Å²) in [6.45, 7) is 3.51. The molecular formula is C46H88NO11P. The fourth-order valence-corrected chi connectivity index (χ4v) is 6.85. The number of ether oxygens (including phenoxy) is 4. The summed E-state index contributed by atoms with van der Waals surface area (Å²) in [5.41, 5.74) is 0. The van der Waals surface area contributed by atoms with Crippen LogP contribution in [0.2, 0.25) is 0 Å². The van der Waals surface area contributed by atoms with Crippen molar-refractivity contribution in [3.05, 3.63) is 24.3 Å². The van der Waals surface area contributed by atoms with Crippen LogP contribution in [0, 0.1) is 0 Å². The molecule has 0 aromatic heterocycles. The highest BCUT2D eigenvalue weighted by Crippen LogP contribution is 2.43. The van der Waals surface area contributed by atoms with Gasteiger partial charge in [0.15, 0.2) is 6.10 Å². The number of unbranched alkanes of at least 4 members (excludes halogenated alkanes) is 22.